The quantitative estimate of drug-likeness (QED) is 0.754. The maximum Gasteiger partial charge on any atom is 0.166 e. The second-order valence-electron chi connectivity index (χ2n) is 4.21. The number of benzene rings is 1. The van der Waals surface area contributed by atoms with Crippen LogP contribution in [-0.4, -0.2) is 15.6 Å². The predicted molar refractivity (Wildman–Crippen MR) is 67.0 cm³/mol. The van der Waals surface area contributed by atoms with Crippen molar-refractivity contribution in [1.82, 2.24) is 9.78 Å². The lowest BCUT2D eigenvalue weighted by atomic mass is 10.0. The van der Waals surface area contributed by atoms with Crippen molar-refractivity contribution in [2.45, 2.75) is 19.8 Å². The van der Waals surface area contributed by atoms with Gasteiger partial charge in [0.1, 0.15) is 0 Å². The van der Waals surface area contributed by atoms with Crippen LogP contribution in [0.4, 0.5) is 0 Å². The van der Waals surface area contributed by atoms with Gasteiger partial charge in [-0.25, -0.2) is 0 Å². The highest BCUT2D eigenvalue weighted by Gasteiger charge is 2.12. The van der Waals surface area contributed by atoms with E-state index in [0.717, 1.165) is 17.7 Å². The third kappa shape index (κ3) is 2.81. The van der Waals surface area contributed by atoms with Gasteiger partial charge < -0.3 is 0 Å². The second-order valence-corrected chi connectivity index (χ2v) is 4.21. The summed E-state index contributed by atoms with van der Waals surface area (Å²) >= 11 is 0. The molecule has 3 nitrogen and oxygen atoms in total. The molecule has 0 radical (unpaired) electrons. The van der Waals surface area contributed by atoms with Crippen LogP contribution in [0, 0.1) is 6.92 Å². The molecule has 0 atom stereocenters. The summed E-state index contributed by atoms with van der Waals surface area (Å²) in [6.45, 7) is 1.87. The summed E-state index contributed by atoms with van der Waals surface area (Å²) in [4.78, 5) is 12.0. The highest BCUT2D eigenvalue weighted by atomic mass is 16.1. The average molecular weight is 228 g/mol. The van der Waals surface area contributed by atoms with Crippen LogP contribution in [0.5, 0.6) is 0 Å². The molecule has 0 aliphatic carbocycles. The number of nitrogens with zero attached hydrogens (tertiary/aromatic N) is 2. The minimum Gasteiger partial charge on any atom is -0.294 e. The van der Waals surface area contributed by atoms with Gasteiger partial charge in [0.25, 0.3) is 0 Å². The molecule has 0 spiro atoms. The molecule has 0 bridgehead atoms. The van der Waals surface area contributed by atoms with Gasteiger partial charge in [0.05, 0.1) is 11.3 Å². The highest BCUT2D eigenvalue weighted by molar-refractivity contribution is 5.96. The summed E-state index contributed by atoms with van der Waals surface area (Å²) in [5.74, 6) is 0.166. The molecule has 88 valence electrons. The van der Waals surface area contributed by atoms with Crippen LogP contribution in [0.2, 0.25) is 0 Å². The van der Waals surface area contributed by atoms with E-state index in [9.17, 15) is 4.79 Å². The Hall–Kier alpha value is -1.90. The maximum atomic E-state index is 12.0. The van der Waals surface area contributed by atoms with E-state index in [1.54, 1.807) is 10.9 Å². The molecule has 1 aromatic heterocycles. The van der Waals surface area contributed by atoms with Crippen molar-refractivity contribution in [2.75, 3.05) is 0 Å². The van der Waals surface area contributed by atoms with Crippen LogP contribution in [-0.2, 0) is 13.5 Å². The predicted octanol–water partition coefficient (Wildman–Crippen LogP) is 2.54. The molecule has 3 heteroatoms. The first-order chi connectivity index (χ1) is 8.16. The van der Waals surface area contributed by atoms with E-state index >= 15 is 0 Å². The Labute approximate surface area is 101 Å². The second kappa shape index (κ2) is 4.95. The number of carbonyl (C=O) groups is 1. The average Bonchev–Trinajstić information content (AvgIpc) is 2.67. The Morgan fingerprint density at radius 2 is 2.00 bits per heavy atom. The van der Waals surface area contributed by atoms with Gasteiger partial charge in [0.15, 0.2) is 5.78 Å². The van der Waals surface area contributed by atoms with Crippen molar-refractivity contribution in [1.29, 1.82) is 0 Å². The van der Waals surface area contributed by atoms with Gasteiger partial charge in [-0.2, -0.15) is 5.10 Å². The van der Waals surface area contributed by atoms with Gasteiger partial charge in [-0.3, -0.25) is 9.48 Å². The maximum absolute atomic E-state index is 12.0. The van der Waals surface area contributed by atoms with Crippen LogP contribution in [0.3, 0.4) is 0 Å². The van der Waals surface area contributed by atoms with Crippen molar-refractivity contribution in [3.8, 4) is 0 Å². The molecule has 2 aromatic rings. The van der Waals surface area contributed by atoms with E-state index in [2.05, 4.69) is 5.10 Å². The van der Waals surface area contributed by atoms with Gasteiger partial charge in [-0.1, -0.05) is 30.3 Å². The molecule has 17 heavy (non-hydrogen) atoms. The van der Waals surface area contributed by atoms with Gasteiger partial charge in [0.2, 0.25) is 0 Å². The Balaban J connectivity index is 2.01. The smallest absolute Gasteiger partial charge is 0.166 e. The molecule has 0 aliphatic heterocycles. The topological polar surface area (TPSA) is 34.9 Å². The fraction of sp³-hybridized carbons (Fsp3) is 0.286. The molecule has 0 unspecified atom stereocenters. The number of Topliss-reactive ketones (excluding diaryl/α,β-unsaturated/α-hetero) is 1. The number of aryl methyl sites for hydroxylation is 3. The summed E-state index contributed by atoms with van der Waals surface area (Å²) < 4.78 is 1.69. The normalized spacial score (nSPS) is 10.5. The Kier molecular flexibility index (Phi) is 3.38. The number of carbonyl (C=O) groups excluding carboxylic acids is 1. The van der Waals surface area contributed by atoms with E-state index in [-0.39, 0.29) is 5.78 Å². The molecule has 0 saturated heterocycles. The Morgan fingerprint density at radius 1 is 1.29 bits per heavy atom. The van der Waals surface area contributed by atoms with Crippen LogP contribution in [0.15, 0.2) is 36.5 Å². The number of hydrogen-bond acceptors (Lipinski definition) is 2. The fourth-order valence-electron chi connectivity index (χ4n) is 1.91. The first-order valence-electron chi connectivity index (χ1n) is 5.74. The van der Waals surface area contributed by atoms with E-state index in [0.29, 0.717) is 6.42 Å². The zero-order valence-electron chi connectivity index (χ0n) is 10.2. The molecule has 2 rings (SSSR count). The van der Waals surface area contributed by atoms with Crippen LogP contribution in [0.1, 0.15) is 28.0 Å². The summed E-state index contributed by atoms with van der Waals surface area (Å²) in [7, 11) is 1.83. The van der Waals surface area contributed by atoms with Gasteiger partial charge in [-0.15, -0.1) is 0 Å². The first-order valence-corrected chi connectivity index (χ1v) is 5.74. The number of hydrogen-bond donors (Lipinski definition) is 0. The monoisotopic (exact) mass is 228 g/mol. The van der Waals surface area contributed by atoms with Crippen LogP contribution in [0.25, 0.3) is 0 Å². The molecule has 0 N–H and O–H groups in total. The zero-order valence-corrected chi connectivity index (χ0v) is 10.2. The first kappa shape index (κ1) is 11.6. The summed E-state index contributed by atoms with van der Waals surface area (Å²) in [6.07, 6.45) is 3.12. The zero-order chi connectivity index (χ0) is 12.3. The van der Waals surface area contributed by atoms with Gasteiger partial charge in [0, 0.05) is 19.7 Å². The summed E-state index contributed by atoms with van der Waals surface area (Å²) in [5.41, 5.74) is 2.75. The van der Waals surface area contributed by atoms with Gasteiger partial charge in [-0.05, 0) is 18.9 Å². The van der Waals surface area contributed by atoms with E-state index in [1.807, 2.05) is 44.3 Å². The Bertz CT molecular complexity index is 514. The lowest BCUT2D eigenvalue weighted by Gasteiger charge is -2.00. The third-order valence-corrected chi connectivity index (χ3v) is 2.80. The van der Waals surface area contributed by atoms with Crippen LogP contribution < -0.4 is 0 Å². The van der Waals surface area contributed by atoms with Crippen molar-refractivity contribution >= 4 is 5.78 Å². The van der Waals surface area contributed by atoms with Crippen LogP contribution >= 0.6 is 0 Å². The van der Waals surface area contributed by atoms with Crippen molar-refractivity contribution in [2.24, 2.45) is 7.05 Å². The molecule has 0 fully saturated rings. The molecular weight excluding hydrogens is 212 g/mol. The highest BCUT2D eigenvalue weighted by Crippen LogP contribution is 2.11. The van der Waals surface area contributed by atoms with Crippen molar-refractivity contribution in [3.63, 3.8) is 0 Å². The molecule has 0 aliphatic rings. The van der Waals surface area contributed by atoms with Crippen molar-refractivity contribution in [3.05, 3.63) is 53.3 Å². The van der Waals surface area contributed by atoms with Gasteiger partial charge >= 0.3 is 0 Å². The fourth-order valence-corrected chi connectivity index (χ4v) is 1.91. The molecular formula is C14H16N2O. The standard InChI is InChI=1S/C14H16N2O/c1-11-13(10-16(2)15-11)14(17)9-8-12-6-4-3-5-7-12/h3-7,10H,8-9H2,1-2H3. The molecule has 0 saturated carbocycles. The Morgan fingerprint density at radius 3 is 2.59 bits per heavy atom. The van der Waals surface area contributed by atoms with E-state index in [4.69, 9.17) is 0 Å². The van der Waals surface area contributed by atoms with E-state index < -0.39 is 0 Å². The minimum absolute atomic E-state index is 0.166. The summed E-state index contributed by atoms with van der Waals surface area (Å²) in [6, 6.07) is 10.1. The SMILES string of the molecule is Cc1nn(C)cc1C(=O)CCc1ccccc1. The molecule has 0 amide bonds. The largest absolute Gasteiger partial charge is 0.294 e. The van der Waals surface area contributed by atoms with Crippen molar-refractivity contribution < 1.29 is 4.79 Å². The summed E-state index contributed by atoms with van der Waals surface area (Å²) in [5, 5.41) is 4.18. The third-order valence-electron chi connectivity index (χ3n) is 2.80. The number of ketones is 1. The lowest BCUT2D eigenvalue weighted by Crippen LogP contribution is -2.01. The minimum atomic E-state index is 0.166. The molecule has 1 aromatic carbocycles. The number of aromatic nitrogens is 2. The molecule has 1 heterocycles. The number of rotatable bonds is 4. The lowest BCUT2D eigenvalue weighted by molar-refractivity contribution is 0.0982. The van der Waals surface area contributed by atoms with E-state index in [1.165, 1.54) is 5.56 Å².